The molecule has 0 amide bonds. The van der Waals surface area contributed by atoms with Gasteiger partial charge in [-0.3, -0.25) is 0 Å². The first kappa shape index (κ1) is 11.8. The van der Waals surface area contributed by atoms with Crippen LogP contribution < -0.4 is 5.32 Å². The topological polar surface area (TPSA) is 35.8 Å². The Hall–Kier alpha value is -0.720. The van der Waals surface area contributed by atoms with Crippen molar-refractivity contribution in [3.8, 4) is 6.07 Å². The van der Waals surface area contributed by atoms with Crippen LogP contribution in [0.25, 0.3) is 0 Å². The molecule has 1 atom stereocenters. The summed E-state index contributed by atoms with van der Waals surface area (Å²) in [5.41, 5.74) is 0.458. The molecular formula is C12H12BrClN2. The van der Waals surface area contributed by atoms with Crippen LogP contribution in [-0.4, -0.2) is 5.54 Å². The lowest BCUT2D eigenvalue weighted by Gasteiger charge is -2.24. The molecule has 2 rings (SSSR count). The van der Waals surface area contributed by atoms with Crippen LogP contribution in [0.3, 0.4) is 0 Å². The van der Waals surface area contributed by atoms with Crippen molar-refractivity contribution >= 4 is 33.2 Å². The van der Waals surface area contributed by atoms with Crippen molar-refractivity contribution in [2.24, 2.45) is 5.92 Å². The second kappa shape index (κ2) is 4.27. The first-order valence-electron chi connectivity index (χ1n) is 5.19. The molecule has 0 saturated heterocycles. The van der Waals surface area contributed by atoms with Gasteiger partial charge in [-0.1, -0.05) is 11.6 Å². The summed E-state index contributed by atoms with van der Waals surface area (Å²) >= 11 is 9.29. The van der Waals surface area contributed by atoms with Crippen LogP contribution in [0.15, 0.2) is 22.7 Å². The van der Waals surface area contributed by atoms with Crippen LogP contribution in [0.2, 0.25) is 5.02 Å². The van der Waals surface area contributed by atoms with E-state index >= 15 is 0 Å². The van der Waals surface area contributed by atoms with Gasteiger partial charge in [-0.15, -0.1) is 0 Å². The van der Waals surface area contributed by atoms with Gasteiger partial charge in [0.1, 0.15) is 5.54 Å². The van der Waals surface area contributed by atoms with E-state index in [0.29, 0.717) is 10.9 Å². The predicted molar refractivity (Wildman–Crippen MR) is 69.5 cm³/mol. The fourth-order valence-electron chi connectivity index (χ4n) is 1.76. The quantitative estimate of drug-likeness (QED) is 0.907. The summed E-state index contributed by atoms with van der Waals surface area (Å²) in [6.07, 6.45) is 2.26. The molecule has 1 N–H and O–H groups in total. The van der Waals surface area contributed by atoms with Gasteiger partial charge in [-0.2, -0.15) is 5.26 Å². The fraction of sp³-hybridized carbons (Fsp3) is 0.417. The van der Waals surface area contributed by atoms with E-state index in [1.165, 1.54) is 0 Å². The van der Waals surface area contributed by atoms with E-state index in [2.05, 4.69) is 27.3 Å². The van der Waals surface area contributed by atoms with E-state index in [-0.39, 0.29) is 0 Å². The van der Waals surface area contributed by atoms with Gasteiger partial charge >= 0.3 is 0 Å². The molecule has 0 radical (unpaired) electrons. The SMILES string of the molecule is CC(C#N)(Nc1ccc(Cl)c(Br)c1)C1CC1. The second-order valence-electron chi connectivity index (χ2n) is 4.34. The molecule has 1 fully saturated rings. The summed E-state index contributed by atoms with van der Waals surface area (Å²) in [6.45, 7) is 1.95. The van der Waals surface area contributed by atoms with E-state index in [1.807, 2.05) is 25.1 Å². The number of nitriles is 1. The number of halogens is 2. The van der Waals surface area contributed by atoms with Crippen LogP contribution in [0.1, 0.15) is 19.8 Å². The molecule has 0 heterocycles. The normalized spacial score (nSPS) is 18.6. The Morgan fingerprint density at radius 1 is 1.56 bits per heavy atom. The van der Waals surface area contributed by atoms with Crippen LogP contribution in [0.5, 0.6) is 0 Å². The van der Waals surface area contributed by atoms with E-state index in [4.69, 9.17) is 11.6 Å². The standard InChI is InChI=1S/C12H12BrClN2/c1-12(7-15,8-2-3-8)16-9-4-5-11(14)10(13)6-9/h4-6,8,16H,2-3H2,1H3. The molecule has 84 valence electrons. The van der Waals surface area contributed by atoms with E-state index in [9.17, 15) is 5.26 Å². The maximum atomic E-state index is 9.23. The first-order chi connectivity index (χ1) is 7.55. The zero-order chi connectivity index (χ0) is 11.8. The first-order valence-corrected chi connectivity index (χ1v) is 6.37. The van der Waals surface area contributed by atoms with Crippen LogP contribution in [-0.2, 0) is 0 Å². The Labute approximate surface area is 109 Å². The Morgan fingerprint density at radius 2 is 2.25 bits per heavy atom. The summed E-state index contributed by atoms with van der Waals surface area (Å²) in [5.74, 6) is 0.465. The van der Waals surface area contributed by atoms with Gasteiger partial charge in [0, 0.05) is 10.2 Å². The van der Waals surface area contributed by atoms with Gasteiger partial charge in [-0.05, 0) is 59.8 Å². The number of nitrogens with zero attached hydrogens (tertiary/aromatic N) is 1. The molecule has 16 heavy (non-hydrogen) atoms. The Bertz CT molecular complexity index is 451. The van der Waals surface area contributed by atoms with E-state index in [1.54, 1.807) is 0 Å². The number of hydrogen-bond acceptors (Lipinski definition) is 2. The lowest BCUT2D eigenvalue weighted by Crippen LogP contribution is -2.35. The highest BCUT2D eigenvalue weighted by Gasteiger charge is 2.41. The zero-order valence-electron chi connectivity index (χ0n) is 8.93. The average Bonchev–Trinajstić information content (AvgIpc) is 3.07. The number of anilines is 1. The number of hydrogen-bond donors (Lipinski definition) is 1. The minimum Gasteiger partial charge on any atom is -0.367 e. The van der Waals surface area contributed by atoms with Crippen molar-refractivity contribution in [2.75, 3.05) is 5.32 Å². The molecule has 2 nitrogen and oxygen atoms in total. The van der Waals surface area contributed by atoms with Crippen LogP contribution in [0, 0.1) is 17.2 Å². The maximum absolute atomic E-state index is 9.23. The minimum atomic E-state index is -0.465. The molecule has 1 aliphatic carbocycles. The molecule has 4 heteroatoms. The number of nitrogens with one attached hydrogen (secondary N) is 1. The summed E-state index contributed by atoms with van der Waals surface area (Å²) < 4.78 is 0.843. The van der Waals surface area contributed by atoms with E-state index < -0.39 is 5.54 Å². The number of rotatable bonds is 3. The van der Waals surface area contributed by atoms with Gasteiger partial charge < -0.3 is 5.32 Å². The van der Waals surface area contributed by atoms with Gasteiger partial charge in [0.15, 0.2) is 0 Å². The second-order valence-corrected chi connectivity index (χ2v) is 5.60. The molecule has 1 saturated carbocycles. The van der Waals surface area contributed by atoms with Crippen LogP contribution >= 0.6 is 27.5 Å². The van der Waals surface area contributed by atoms with Crippen molar-refractivity contribution < 1.29 is 0 Å². The lowest BCUT2D eigenvalue weighted by molar-refractivity contribution is 0.567. The van der Waals surface area contributed by atoms with Crippen molar-refractivity contribution in [2.45, 2.75) is 25.3 Å². The molecule has 0 aromatic heterocycles. The third-order valence-electron chi connectivity index (χ3n) is 2.95. The molecule has 1 aromatic carbocycles. The summed E-state index contributed by atoms with van der Waals surface area (Å²) in [5, 5.41) is 13.2. The monoisotopic (exact) mass is 298 g/mol. The summed E-state index contributed by atoms with van der Waals surface area (Å²) in [6, 6.07) is 7.98. The zero-order valence-corrected chi connectivity index (χ0v) is 11.3. The predicted octanol–water partition coefficient (Wildman–Crippen LogP) is 4.21. The molecule has 1 aromatic rings. The van der Waals surface area contributed by atoms with Crippen molar-refractivity contribution in [3.05, 3.63) is 27.7 Å². The van der Waals surface area contributed by atoms with Gasteiger partial charge in [-0.25, -0.2) is 0 Å². The fourth-order valence-corrected chi connectivity index (χ4v) is 2.25. The number of benzene rings is 1. The molecule has 0 aliphatic heterocycles. The molecular weight excluding hydrogens is 288 g/mol. The van der Waals surface area contributed by atoms with Crippen molar-refractivity contribution in [3.63, 3.8) is 0 Å². The highest BCUT2D eigenvalue weighted by Crippen LogP contribution is 2.41. The van der Waals surface area contributed by atoms with E-state index in [0.717, 1.165) is 23.0 Å². The maximum Gasteiger partial charge on any atom is 0.125 e. The summed E-state index contributed by atoms with van der Waals surface area (Å²) in [7, 11) is 0. The molecule has 0 spiro atoms. The third kappa shape index (κ3) is 2.34. The highest BCUT2D eigenvalue weighted by atomic mass is 79.9. The average molecular weight is 300 g/mol. The van der Waals surface area contributed by atoms with Crippen LogP contribution in [0.4, 0.5) is 5.69 Å². The Morgan fingerprint density at radius 3 is 2.75 bits per heavy atom. The largest absolute Gasteiger partial charge is 0.367 e. The summed E-state index contributed by atoms with van der Waals surface area (Å²) in [4.78, 5) is 0. The highest BCUT2D eigenvalue weighted by molar-refractivity contribution is 9.10. The van der Waals surface area contributed by atoms with Gasteiger partial charge in [0.2, 0.25) is 0 Å². The van der Waals surface area contributed by atoms with Crippen molar-refractivity contribution in [1.82, 2.24) is 0 Å². The molecule has 1 aliphatic rings. The van der Waals surface area contributed by atoms with Gasteiger partial charge in [0.05, 0.1) is 11.1 Å². The Kier molecular flexibility index (Phi) is 3.14. The van der Waals surface area contributed by atoms with Gasteiger partial charge in [0.25, 0.3) is 0 Å². The third-order valence-corrected chi connectivity index (χ3v) is 4.16. The Balaban J connectivity index is 2.20. The molecule has 0 bridgehead atoms. The lowest BCUT2D eigenvalue weighted by atomic mass is 9.97. The minimum absolute atomic E-state index is 0.465. The van der Waals surface area contributed by atoms with Crippen molar-refractivity contribution in [1.29, 1.82) is 5.26 Å². The smallest absolute Gasteiger partial charge is 0.125 e. The molecule has 1 unspecified atom stereocenters.